The van der Waals surface area contributed by atoms with Gasteiger partial charge in [-0.3, -0.25) is 19.7 Å². The number of hydrazone groups is 1. The molecule has 0 radical (unpaired) electrons. The fraction of sp³-hybridized carbons (Fsp3) is 0.0556. The lowest BCUT2D eigenvalue weighted by molar-refractivity contribution is -0.131. The number of carbonyl (C=O) groups is 4. The van der Waals surface area contributed by atoms with Crippen molar-refractivity contribution in [3.8, 4) is 0 Å². The van der Waals surface area contributed by atoms with Crippen molar-refractivity contribution < 1.29 is 23.6 Å². The molecular formula is C18H11Cl2FN4O4. The van der Waals surface area contributed by atoms with Crippen LogP contribution in [0.15, 0.2) is 47.6 Å². The van der Waals surface area contributed by atoms with E-state index in [-0.39, 0.29) is 16.3 Å². The average Bonchev–Trinajstić information content (AvgIpc) is 2.65. The van der Waals surface area contributed by atoms with Gasteiger partial charge in [0.1, 0.15) is 5.82 Å². The minimum Gasteiger partial charge on any atom is -0.276 e. The summed E-state index contributed by atoms with van der Waals surface area (Å²) in [5.74, 6) is -5.09. The van der Waals surface area contributed by atoms with Crippen LogP contribution in [0.4, 0.5) is 14.9 Å². The van der Waals surface area contributed by atoms with Gasteiger partial charge < -0.3 is 0 Å². The van der Waals surface area contributed by atoms with Gasteiger partial charge in [0.15, 0.2) is 5.92 Å². The van der Waals surface area contributed by atoms with Crippen LogP contribution >= 0.6 is 23.2 Å². The number of rotatable bonds is 4. The van der Waals surface area contributed by atoms with Crippen LogP contribution in [0.1, 0.15) is 10.4 Å². The van der Waals surface area contributed by atoms with Gasteiger partial charge in [-0.05, 0) is 30.3 Å². The van der Waals surface area contributed by atoms with Gasteiger partial charge in [0.25, 0.3) is 11.8 Å². The highest BCUT2D eigenvalue weighted by atomic mass is 35.5. The van der Waals surface area contributed by atoms with E-state index in [4.69, 9.17) is 23.2 Å². The monoisotopic (exact) mass is 436 g/mol. The summed E-state index contributed by atoms with van der Waals surface area (Å²) in [6, 6.07) is 8.16. The van der Waals surface area contributed by atoms with E-state index in [0.717, 1.165) is 12.3 Å². The molecule has 1 fully saturated rings. The zero-order valence-corrected chi connectivity index (χ0v) is 15.9. The molecule has 0 aromatic heterocycles. The Bertz CT molecular complexity index is 1060. The van der Waals surface area contributed by atoms with Crippen LogP contribution in [0.25, 0.3) is 0 Å². The number of para-hydroxylation sites is 1. The Morgan fingerprint density at radius 2 is 1.90 bits per heavy atom. The molecule has 8 nitrogen and oxygen atoms in total. The van der Waals surface area contributed by atoms with Gasteiger partial charge in [-0.1, -0.05) is 35.3 Å². The summed E-state index contributed by atoms with van der Waals surface area (Å²) < 4.78 is 14.0. The lowest BCUT2D eigenvalue weighted by Crippen LogP contribution is -2.59. The van der Waals surface area contributed by atoms with Crippen molar-refractivity contribution in [3.63, 3.8) is 0 Å². The first kappa shape index (κ1) is 20.4. The maximum Gasteiger partial charge on any atom is 0.335 e. The second kappa shape index (κ2) is 8.38. The second-order valence-corrected chi connectivity index (χ2v) is 6.58. The molecular weight excluding hydrogens is 426 g/mol. The normalized spacial score (nSPS) is 16.9. The number of benzene rings is 2. The highest BCUT2D eigenvalue weighted by Crippen LogP contribution is 2.23. The average molecular weight is 437 g/mol. The van der Waals surface area contributed by atoms with Crippen LogP contribution in [0, 0.1) is 11.7 Å². The zero-order chi connectivity index (χ0) is 21.1. The maximum atomic E-state index is 14.0. The quantitative estimate of drug-likeness (QED) is 0.436. The summed E-state index contributed by atoms with van der Waals surface area (Å²) in [5, 5.41) is 5.93. The van der Waals surface area contributed by atoms with Gasteiger partial charge in [0.05, 0.1) is 16.3 Å². The number of halogens is 3. The summed E-state index contributed by atoms with van der Waals surface area (Å²) in [6.07, 6.45) is 0.833. The fourth-order valence-corrected chi connectivity index (χ4v) is 2.98. The zero-order valence-electron chi connectivity index (χ0n) is 14.4. The SMILES string of the molecule is O=C(N/N=C\[C@@H]1C(=O)NC(=O)N(c2ccccc2F)C1=O)c1ccc(Cl)cc1Cl. The number of hydrogen-bond donors (Lipinski definition) is 2. The van der Waals surface area contributed by atoms with Gasteiger partial charge in [0, 0.05) is 11.2 Å². The van der Waals surface area contributed by atoms with Gasteiger partial charge in [-0.25, -0.2) is 19.5 Å². The van der Waals surface area contributed by atoms with E-state index in [1.807, 2.05) is 5.32 Å². The summed E-state index contributed by atoms with van der Waals surface area (Å²) in [7, 11) is 0. The van der Waals surface area contributed by atoms with Crippen LogP contribution < -0.4 is 15.6 Å². The Morgan fingerprint density at radius 1 is 1.17 bits per heavy atom. The number of urea groups is 1. The summed E-state index contributed by atoms with van der Waals surface area (Å²) in [6.45, 7) is 0. The molecule has 11 heteroatoms. The summed E-state index contributed by atoms with van der Waals surface area (Å²) in [4.78, 5) is 49.2. The Labute approximate surface area is 173 Å². The van der Waals surface area contributed by atoms with E-state index >= 15 is 0 Å². The first-order chi connectivity index (χ1) is 13.8. The molecule has 148 valence electrons. The summed E-state index contributed by atoms with van der Waals surface area (Å²) >= 11 is 11.7. The molecule has 0 aliphatic carbocycles. The minimum absolute atomic E-state index is 0.0656. The van der Waals surface area contributed by atoms with E-state index in [1.54, 1.807) is 0 Å². The third-order valence-corrected chi connectivity index (χ3v) is 4.41. The Balaban J connectivity index is 1.78. The molecule has 2 N–H and O–H groups in total. The molecule has 1 aliphatic rings. The van der Waals surface area contributed by atoms with Gasteiger partial charge in [-0.2, -0.15) is 5.10 Å². The molecule has 1 aliphatic heterocycles. The van der Waals surface area contributed by atoms with Crippen molar-refractivity contribution in [2.75, 3.05) is 4.90 Å². The molecule has 0 bridgehead atoms. The minimum atomic E-state index is -1.56. The van der Waals surface area contributed by atoms with Crippen LogP contribution in [0.5, 0.6) is 0 Å². The molecule has 0 spiro atoms. The molecule has 0 unspecified atom stereocenters. The van der Waals surface area contributed by atoms with Crippen LogP contribution in [0.2, 0.25) is 10.0 Å². The van der Waals surface area contributed by atoms with E-state index in [9.17, 15) is 23.6 Å². The highest BCUT2D eigenvalue weighted by Gasteiger charge is 2.41. The number of anilines is 1. The van der Waals surface area contributed by atoms with E-state index in [1.165, 1.54) is 36.4 Å². The molecule has 1 heterocycles. The number of amides is 5. The highest BCUT2D eigenvalue weighted by molar-refractivity contribution is 6.37. The van der Waals surface area contributed by atoms with Crippen molar-refractivity contribution in [1.29, 1.82) is 0 Å². The van der Waals surface area contributed by atoms with Crippen LogP contribution in [-0.2, 0) is 9.59 Å². The first-order valence-electron chi connectivity index (χ1n) is 8.01. The van der Waals surface area contributed by atoms with Crippen molar-refractivity contribution >= 4 is 58.9 Å². The molecule has 2 aromatic carbocycles. The Morgan fingerprint density at radius 3 is 2.59 bits per heavy atom. The van der Waals surface area contributed by atoms with Crippen molar-refractivity contribution in [3.05, 3.63) is 63.9 Å². The van der Waals surface area contributed by atoms with E-state index < -0.39 is 35.5 Å². The van der Waals surface area contributed by atoms with E-state index in [2.05, 4.69) is 10.5 Å². The third kappa shape index (κ3) is 4.25. The van der Waals surface area contributed by atoms with Gasteiger partial charge in [0.2, 0.25) is 5.91 Å². The lowest BCUT2D eigenvalue weighted by atomic mass is 10.1. The number of imide groups is 2. The Hall–Kier alpha value is -3.30. The summed E-state index contributed by atoms with van der Waals surface area (Å²) in [5.41, 5.74) is 1.86. The molecule has 3 rings (SSSR count). The molecule has 2 aromatic rings. The molecule has 1 atom stereocenters. The second-order valence-electron chi connectivity index (χ2n) is 5.74. The number of hydrogen-bond acceptors (Lipinski definition) is 5. The van der Waals surface area contributed by atoms with Crippen molar-refractivity contribution in [2.45, 2.75) is 0 Å². The van der Waals surface area contributed by atoms with Gasteiger partial charge in [-0.15, -0.1) is 0 Å². The number of carbonyl (C=O) groups excluding carboxylic acids is 4. The lowest BCUT2D eigenvalue weighted by Gasteiger charge is -2.28. The predicted molar refractivity (Wildman–Crippen MR) is 103 cm³/mol. The van der Waals surface area contributed by atoms with Crippen LogP contribution in [0.3, 0.4) is 0 Å². The smallest absolute Gasteiger partial charge is 0.276 e. The Kier molecular flexibility index (Phi) is 5.90. The molecule has 0 saturated carbocycles. The standard InChI is InChI=1S/C18H11Cl2FN4O4/c19-9-5-6-10(12(20)7-9)16(27)24-22-8-11-15(26)23-18(29)25(17(11)28)14-4-2-1-3-13(14)21/h1-8,11H,(H,24,27)(H,23,26,29)/b22-8-/t11-/m1/s1. The van der Waals surface area contributed by atoms with E-state index in [0.29, 0.717) is 9.92 Å². The molecule has 29 heavy (non-hydrogen) atoms. The molecule has 5 amide bonds. The maximum absolute atomic E-state index is 14.0. The van der Waals surface area contributed by atoms with Crippen molar-refractivity contribution in [2.24, 2.45) is 11.0 Å². The fourth-order valence-electron chi connectivity index (χ4n) is 2.49. The predicted octanol–water partition coefficient (Wildman–Crippen LogP) is 2.75. The topological polar surface area (TPSA) is 108 Å². The molecule has 1 saturated heterocycles. The van der Waals surface area contributed by atoms with Crippen molar-refractivity contribution in [1.82, 2.24) is 10.7 Å². The number of barbiturate groups is 1. The van der Waals surface area contributed by atoms with Crippen LogP contribution in [-0.4, -0.2) is 30.0 Å². The number of nitrogens with one attached hydrogen (secondary N) is 2. The first-order valence-corrected chi connectivity index (χ1v) is 8.77. The number of nitrogens with zero attached hydrogens (tertiary/aromatic N) is 2. The van der Waals surface area contributed by atoms with Gasteiger partial charge >= 0.3 is 6.03 Å². The third-order valence-electron chi connectivity index (χ3n) is 3.86. The largest absolute Gasteiger partial charge is 0.335 e.